The van der Waals surface area contributed by atoms with Gasteiger partial charge < -0.3 is 15.2 Å². The Balaban J connectivity index is 2.27. The number of methoxy groups -OCH3 is 1. The van der Waals surface area contributed by atoms with Crippen molar-refractivity contribution in [1.82, 2.24) is 0 Å². The summed E-state index contributed by atoms with van der Waals surface area (Å²) in [7, 11) is 1.74. The predicted octanol–water partition coefficient (Wildman–Crippen LogP) is 3.35. The molecule has 1 unspecified atom stereocenters. The van der Waals surface area contributed by atoms with E-state index in [9.17, 15) is 0 Å². The maximum absolute atomic E-state index is 6.33. The molecule has 2 atom stereocenters. The number of hydrogen-bond donors (Lipinski definition) is 1. The smallest absolute Gasteiger partial charge is 0.124 e. The van der Waals surface area contributed by atoms with Gasteiger partial charge in [0.2, 0.25) is 0 Å². The first-order valence-electron chi connectivity index (χ1n) is 6.85. The van der Waals surface area contributed by atoms with Crippen molar-refractivity contribution in [3.63, 3.8) is 0 Å². The Labute approximate surface area is 116 Å². The second-order valence-corrected chi connectivity index (χ2v) is 6.54. The number of rotatable bonds is 3. The monoisotopic (exact) mass is 263 g/mol. The third-order valence-electron chi connectivity index (χ3n) is 3.93. The van der Waals surface area contributed by atoms with Crippen molar-refractivity contribution in [3.8, 4) is 5.75 Å². The van der Waals surface area contributed by atoms with Gasteiger partial charge in [0.05, 0.1) is 5.60 Å². The van der Waals surface area contributed by atoms with Gasteiger partial charge in [-0.2, -0.15) is 0 Å². The molecule has 19 heavy (non-hydrogen) atoms. The van der Waals surface area contributed by atoms with Crippen LogP contribution in [0.4, 0.5) is 0 Å². The van der Waals surface area contributed by atoms with Gasteiger partial charge in [-0.1, -0.05) is 17.7 Å². The Hall–Kier alpha value is -1.06. The van der Waals surface area contributed by atoms with Gasteiger partial charge in [-0.05, 0) is 33.8 Å². The number of fused-ring (bicyclic) bond motifs is 1. The molecule has 3 nitrogen and oxygen atoms in total. The summed E-state index contributed by atoms with van der Waals surface area (Å²) in [5, 5.41) is 0. The number of ether oxygens (including phenoxy) is 2. The van der Waals surface area contributed by atoms with Crippen molar-refractivity contribution < 1.29 is 9.47 Å². The zero-order chi connectivity index (χ0) is 14.3. The number of hydrogen-bond acceptors (Lipinski definition) is 3. The van der Waals surface area contributed by atoms with Gasteiger partial charge in [0.15, 0.2) is 0 Å². The average Bonchev–Trinajstić information content (AvgIpc) is 2.29. The van der Waals surface area contributed by atoms with Crippen LogP contribution in [-0.2, 0) is 4.74 Å². The standard InChI is InChI=1S/C16H25NO2/c1-11-6-7-14-12(8-11)13(17)9-16(4,19-14)10-15(2,3)18-5/h6-8,13H,9-10,17H2,1-5H3/t13-,16?/m1/s1. The molecular formula is C16H25NO2. The number of nitrogens with two attached hydrogens (primary N) is 1. The maximum atomic E-state index is 6.33. The van der Waals surface area contributed by atoms with Crippen molar-refractivity contribution in [3.05, 3.63) is 29.3 Å². The van der Waals surface area contributed by atoms with Gasteiger partial charge in [-0.25, -0.2) is 0 Å². The lowest BCUT2D eigenvalue weighted by Crippen LogP contribution is -2.46. The Morgan fingerprint density at radius 1 is 1.47 bits per heavy atom. The van der Waals surface area contributed by atoms with Gasteiger partial charge >= 0.3 is 0 Å². The van der Waals surface area contributed by atoms with Crippen LogP contribution in [-0.4, -0.2) is 18.3 Å². The minimum atomic E-state index is -0.277. The molecule has 1 aromatic carbocycles. The third kappa shape index (κ3) is 3.10. The summed E-state index contributed by atoms with van der Waals surface area (Å²) in [6, 6.07) is 6.25. The van der Waals surface area contributed by atoms with E-state index in [1.54, 1.807) is 7.11 Å². The number of aryl methyl sites for hydroxylation is 1. The molecule has 106 valence electrons. The zero-order valence-electron chi connectivity index (χ0n) is 12.6. The van der Waals surface area contributed by atoms with E-state index in [1.165, 1.54) is 5.56 Å². The van der Waals surface area contributed by atoms with Crippen molar-refractivity contribution in [1.29, 1.82) is 0 Å². The maximum Gasteiger partial charge on any atom is 0.124 e. The van der Waals surface area contributed by atoms with Crippen molar-refractivity contribution in [2.75, 3.05) is 7.11 Å². The summed E-state index contributed by atoms with van der Waals surface area (Å²) in [5.41, 5.74) is 8.18. The van der Waals surface area contributed by atoms with Crippen LogP contribution < -0.4 is 10.5 Å². The van der Waals surface area contributed by atoms with Gasteiger partial charge in [-0.15, -0.1) is 0 Å². The van der Waals surface area contributed by atoms with Crippen LogP contribution in [0, 0.1) is 6.92 Å². The minimum Gasteiger partial charge on any atom is -0.487 e. The fraction of sp³-hybridized carbons (Fsp3) is 0.625. The highest BCUT2D eigenvalue weighted by molar-refractivity contribution is 5.41. The van der Waals surface area contributed by atoms with E-state index in [1.807, 2.05) is 6.07 Å². The second kappa shape index (κ2) is 4.80. The van der Waals surface area contributed by atoms with E-state index < -0.39 is 0 Å². The molecule has 0 bridgehead atoms. The average molecular weight is 263 g/mol. The molecule has 0 saturated carbocycles. The summed E-state index contributed by atoms with van der Waals surface area (Å²) in [5.74, 6) is 0.916. The molecule has 0 saturated heterocycles. The molecule has 2 rings (SSSR count). The molecule has 3 heteroatoms. The highest BCUT2D eigenvalue weighted by Crippen LogP contribution is 2.42. The Morgan fingerprint density at radius 2 is 2.16 bits per heavy atom. The van der Waals surface area contributed by atoms with Gasteiger partial charge in [0, 0.05) is 31.6 Å². The van der Waals surface area contributed by atoms with Crippen LogP contribution in [0.15, 0.2) is 18.2 Å². The highest BCUT2D eigenvalue weighted by atomic mass is 16.5. The largest absolute Gasteiger partial charge is 0.487 e. The Bertz CT molecular complexity index is 470. The summed E-state index contributed by atoms with van der Waals surface area (Å²) in [6.45, 7) is 8.36. The number of benzene rings is 1. The van der Waals surface area contributed by atoms with E-state index in [2.05, 4.69) is 39.8 Å². The van der Waals surface area contributed by atoms with Gasteiger partial charge in [-0.3, -0.25) is 0 Å². The molecule has 0 radical (unpaired) electrons. The normalized spacial score (nSPS) is 26.7. The lowest BCUT2D eigenvalue weighted by molar-refractivity contribution is -0.0580. The molecule has 0 fully saturated rings. The highest BCUT2D eigenvalue weighted by Gasteiger charge is 2.40. The SMILES string of the molecule is COC(C)(C)CC1(C)C[C@@H](N)c2cc(C)ccc2O1. The predicted molar refractivity (Wildman–Crippen MR) is 77.5 cm³/mol. The molecule has 1 aliphatic rings. The van der Waals surface area contributed by atoms with Crippen LogP contribution in [0.2, 0.25) is 0 Å². The first-order chi connectivity index (χ1) is 8.75. The van der Waals surface area contributed by atoms with Crippen molar-refractivity contribution in [2.45, 2.75) is 57.8 Å². The van der Waals surface area contributed by atoms with Crippen molar-refractivity contribution in [2.24, 2.45) is 5.73 Å². The summed E-state index contributed by atoms with van der Waals surface area (Å²) >= 11 is 0. The molecule has 0 aromatic heterocycles. The van der Waals surface area contributed by atoms with Gasteiger partial charge in [0.1, 0.15) is 11.4 Å². The molecule has 0 aliphatic carbocycles. The minimum absolute atomic E-state index is 0.0290. The summed E-state index contributed by atoms with van der Waals surface area (Å²) in [4.78, 5) is 0. The quantitative estimate of drug-likeness (QED) is 0.909. The molecule has 2 N–H and O–H groups in total. The molecule has 1 aromatic rings. The fourth-order valence-corrected chi connectivity index (χ4v) is 3.01. The second-order valence-electron chi connectivity index (χ2n) is 6.54. The van der Waals surface area contributed by atoms with E-state index in [4.69, 9.17) is 15.2 Å². The van der Waals surface area contributed by atoms with Gasteiger partial charge in [0.25, 0.3) is 0 Å². The summed E-state index contributed by atoms with van der Waals surface area (Å²) in [6.07, 6.45) is 1.63. The first-order valence-corrected chi connectivity index (χ1v) is 6.85. The molecular weight excluding hydrogens is 238 g/mol. The summed E-state index contributed by atoms with van der Waals surface area (Å²) < 4.78 is 11.7. The molecule has 0 amide bonds. The van der Waals surface area contributed by atoms with E-state index >= 15 is 0 Å². The fourth-order valence-electron chi connectivity index (χ4n) is 3.01. The van der Waals surface area contributed by atoms with Crippen LogP contribution >= 0.6 is 0 Å². The topological polar surface area (TPSA) is 44.5 Å². The van der Waals surface area contributed by atoms with Crippen molar-refractivity contribution >= 4 is 0 Å². The van der Waals surface area contributed by atoms with E-state index in [-0.39, 0.29) is 17.2 Å². The van der Waals surface area contributed by atoms with Crippen LogP contribution in [0.3, 0.4) is 0 Å². The first kappa shape index (κ1) is 14.4. The van der Waals surface area contributed by atoms with E-state index in [0.717, 1.165) is 24.2 Å². The third-order valence-corrected chi connectivity index (χ3v) is 3.93. The lowest BCUT2D eigenvalue weighted by atomic mass is 9.81. The Morgan fingerprint density at radius 3 is 2.79 bits per heavy atom. The van der Waals surface area contributed by atoms with Crippen LogP contribution in [0.1, 0.15) is 50.8 Å². The van der Waals surface area contributed by atoms with Crippen LogP contribution in [0.25, 0.3) is 0 Å². The molecule has 1 heterocycles. The Kier molecular flexibility index (Phi) is 3.63. The van der Waals surface area contributed by atoms with E-state index in [0.29, 0.717) is 0 Å². The molecule has 0 spiro atoms. The zero-order valence-corrected chi connectivity index (χ0v) is 12.6. The lowest BCUT2D eigenvalue weighted by Gasteiger charge is -2.42. The molecule has 1 aliphatic heterocycles. The van der Waals surface area contributed by atoms with Crippen LogP contribution in [0.5, 0.6) is 5.75 Å².